The number of hydrogen-bond donors (Lipinski definition) is 0. The molecule has 4 aliphatic carbocycles. The van der Waals surface area contributed by atoms with Crippen LogP contribution in [0.2, 0.25) is 0 Å². The fourth-order valence-electron chi connectivity index (χ4n) is 7.19. The molecule has 4 aliphatic rings. The maximum Gasteiger partial charge on any atom is 0.228 e. The average Bonchev–Trinajstić information content (AvgIpc) is 2.70. The maximum atomic E-state index is 13.9. The fraction of sp³-hybridized carbons (Fsp3) is 0.963. The molecule has 168 valence electrons. The summed E-state index contributed by atoms with van der Waals surface area (Å²) in [6.45, 7) is 6.63. The lowest BCUT2D eigenvalue weighted by Crippen LogP contribution is -2.54. The molecule has 0 aliphatic heterocycles. The van der Waals surface area contributed by atoms with Crippen molar-refractivity contribution in [2.45, 2.75) is 129 Å². The van der Waals surface area contributed by atoms with Gasteiger partial charge in [-0.2, -0.15) is 0 Å². The predicted octanol–water partition coefficient (Wildman–Crippen LogP) is 7.75. The van der Waals surface area contributed by atoms with Crippen molar-refractivity contribution in [3.05, 3.63) is 0 Å². The van der Waals surface area contributed by atoms with E-state index >= 15 is 0 Å². The summed E-state index contributed by atoms with van der Waals surface area (Å²) in [5.41, 5.74) is 0.0547. The molecule has 2 heteroatoms. The minimum atomic E-state index is 0.0547. The Morgan fingerprint density at radius 2 is 1.03 bits per heavy atom. The lowest BCUT2D eigenvalue weighted by Gasteiger charge is -2.56. The van der Waals surface area contributed by atoms with Crippen LogP contribution in [0.5, 0.6) is 0 Å². The number of carbonyl (C=O) groups excluding carboxylic acids is 1. The Hall–Kier alpha value is -0.530. The van der Waals surface area contributed by atoms with Gasteiger partial charge in [-0.05, 0) is 69.1 Å². The van der Waals surface area contributed by atoms with Gasteiger partial charge in [0, 0.05) is 13.1 Å². The molecule has 0 aromatic heterocycles. The van der Waals surface area contributed by atoms with Gasteiger partial charge in [0.25, 0.3) is 0 Å². The van der Waals surface area contributed by atoms with Gasteiger partial charge in [-0.1, -0.05) is 78.1 Å². The molecule has 4 bridgehead atoms. The van der Waals surface area contributed by atoms with Gasteiger partial charge in [0.2, 0.25) is 5.91 Å². The second-order valence-electron chi connectivity index (χ2n) is 11.0. The largest absolute Gasteiger partial charge is 0.342 e. The standard InChI is InChI=1S/C27H49NO/c1-3-5-7-9-11-13-15-28(16-14-12-10-8-6-4-2)26(29)27-20-23-17-24(21-27)19-25(18-23)22-27/h23-25H,3-22H2,1-2H3. The van der Waals surface area contributed by atoms with Crippen molar-refractivity contribution in [2.75, 3.05) is 13.1 Å². The summed E-state index contributed by atoms with van der Waals surface area (Å²) in [6, 6.07) is 0. The van der Waals surface area contributed by atoms with Gasteiger partial charge in [0.1, 0.15) is 0 Å². The van der Waals surface area contributed by atoms with Gasteiger partial charge in [-0.15, -0.1) is 0 Å². The fourth-order valence-corrected chi connectivity index (χ4v) is 7.19. The summed E-state index contributed by atoms with van der Waals surface area (Å²) in [7, 11) is 0. The number of hydrogen-bond acceptors (Lipinski definition) is 1. The topological polar surface area (TPSA) is 20.3 Å². The SMILES string of the molecule is CCCCCCCCN(CCCCCCCC)C(=O)C12CC3CC(CC(C3)C1)C2. The van der Waals surface area contributed by atoms with Gasteiger partial charge >= 0.3 is 0 Å². The van der Waals surface area contributed by atoms with Gasteiger partial charge in [-0.25, -0.2) is 0 Å². The highest BCUT2D eigenvalue weighted by atomic mass is 16.2. The van der Waals surface area contributed by atoms with E-state index in [4.69, 9.17) is 0 Å². The van der Waals surface area contributed by atoms with Crippen molar-refractivity contribution in [3.63, 3.8) is 0 Å². The van der Waals surface area contributed by atoms with Gasteiger partial charge < -0.3 is 4.90 Å². The Labute approximate surface area is 181 Å². The van der Waals surface area contributed by atoms with Crippen LogP contribution in [-0.2, 0) is 4.79 Å². The molecule has 0 atom stereocenters. The molecule has 0 N–H and O–H groups in total. The maximum absolute atomic E-state index is 13.9. The quantitative estimate of drug-likeness (QED) is 0.256. The van der Waals surface area contributed by atoms with Crippen LogP contribution in [0, 0.1) is 23.2 Å². The zero-order valence-electron chi connectivity index (χ0n) is 19.7. The summed E-state index contributed by atoms with van der Waals surface area (Å²) in [5.74, 6) is 3.19. The highest BCUT2D eigenvalue weighted by molar-refractivity contribution is 5.83. The summed E-state index contributed by atoms with van der Waals surface area (Å²) < 4.78 is 0. The molecule has 0 aromatic carbocycles. The number of rotatable bonds is 15. The van der Waals surface area contributed by atoms with Gasteiger partial charge in [0.05, 0.1) is 5.41 Å². The lowest BCUT2D eigenvalue weighted by atomic mass is 9.49. The van der Waals surface area contributed by atoms with E-state index in [0.29, 0.717) is 5.91 Å². The van der Waals surface area contributed by atoms with Crippen LogP contribution in [0.1, 0.15) is 129 Å². The first-order valence-electron chi connectivity index (χ1n) is 13.5. The van der Waals surface area contributed by atoms with E-state index in [1.165, 1.54) is 116 Å². The second-order valence-corrected chi connectivity index (χ2v) is 11.0. The first kappa shape index (κ1) is 23.1. The molecule has 0 aromatic rings. The normalized spacial score (nSPS) is 30.1. The summed E-state index contributed by atoms with van der Waals surface area (Å²) in [5, 5.41) is 0. The first-order valence-corrected chi connectivity index (χ1v) is 13.5. The Bertz CT molecular complexity index is 434. The highest BCUT2D eigenvalue weighted by Crippen LogP contribution is 2.60. The van der Waals surface area contributed by atoms with Crippen molar-refractivity contribution in [1.29, 1.82) is 0 Å². The monoisotopic (exact) mass is 403 g/mol. The number of amides is 1. The lowest BCUT2D eigenvalue weighted by molar-refractivity contribution is -0.157. The molecule has 0 spiro atoms. The average molecular weight is 404 g/mol. The third kappa shape index (κ3) is 6.47. The van der Waals surface area contributed by atoms with Crippen molar-refractivity contribution in [3.8, 4) is 0 Å². The zero-order chi connectivity index (χ0) is 20.5. The van der Waals surface area contributed by atoms with Crippen LogP contribution < -0.4 is 0 Å². The molecule has 0 radical (unpaired) electrons. The molecular weight excluding hydrogens is 354 g/mol. The van der Waals surface area contributed by atoms with Crippen LogP contribution in [0.3, 0.4) is 0 Å². The van der Waals surface area contributed by atoms with E-state index in [1.54, 1.807) is 0 Å². The van der Waals surface area contributed by atoms with E-state index < -0.39 is 0 Å². The minimum absolute atomic E-state index is 0.0547. The molecule has 4 saturated carbocycles. The number of carbonyl (C=O) groups is 1. The van der Waals surface area contributed by atoms with Crippen LogP contribution >= 0.6 is 0 Å². The molecule has 4 fully saturated rings. The Kier molecular flexibility index (Phi) is 9.38. The van der Waals surface area contributed by atoms with E-state index in [2.05, 4.69) is 18.7 Å². The second kappa shape index (κ2) is 11.8. The first-order chi connectivity index (χ1) is 14.2. The zero-order valence-corrected chi connectivity index (χ0v) is 19.7. The summed E-state index contributed by atoms with van der Waals surface area (Å²) in [6.07, 6.45) is 23.8. The molecular formula is C27H49NO. The van der Waals surface area contributed by atoms with E-state index in [0.717, 1.165) is 30.8 Å². The Morgan fingerprint density at radius 3 is 1.45 bits per heavy atom. The smallest absolute Gasteiger partial charge is 0.228 e. The molecule has 4 rings (SSSR count). The van der Waals surface area contributed by atoms with Crippen molar-refractivity contribution in [1.82, 2.24) is 4.90 Å². The highest BCUT2D eigenvalue weighted by Gasteiger charge is 2.55. The van der Waals surface area contributed by atoms with Crippen LogP contribution in [0.4, 0.5) is 0 Å². The third-order valence-electron chi connectivity index (χ3n) is 8.34. The van der Waals surface area contributed by atoms with E-state index in [1.807, 2.05) is 0 Å². The van der Waals surface area contributed by atoms with Crippen molar-refractivity contribution in [2.24, 2.45) is 23.2 Å². The molecule has 0 heterocycles. The van der Waals surface area contributed by atoms with Gasteiger partial charge in [0.15, 0.2) is 0 Å². The van der Waals surface area contributed by atoms with Crippen LogP contribution in [-0.4, -0.2) is 23.9 Å². The van der Waals surface area contributed by atoms with Crippen LogP contribution in [0.25, 0.3) is 0 Å². The predicted molar refractivity (Wildman–Crippen MR) is 124 cm³/mol. The Morgan fingerprint density at radius 1 is 0.655 bits per heavy atom. The van der Waals surface area contributed by atoms with E-state index in [9.17, 15) is 4.79 Å². The van der Waals surface area contributed by atoms with Crippen molar-refractivity contribution >= 4 is 5.91 Å². The molecule has 0 saturated heterocycles. The molecule has 29 heavy (non-hydrogen) atoms. The molecule has 2 nitrogen and oxygen atoms in total. The summed E-state index contributed by atoms with van der Waals surface area (Å²) >= 11 is 0. The third-order valence-corrected chi connectivity index (χ3v) is 8.34. The van der Waals surface area contributed by atoms with Crippen molar-refractivity contribution < 1.29 is 4.79 Å². The van der Waals surface area contributed by atoms with Crippen LogP contribution in [0.15, 0.2) is 0 Å². The number of unbranched alkanes of at least 4 members (excludes halogenated alkanes) is 10. The Balaban J connectivity index is 1.51. The molecule has 1 amide bonds. The summed E-state index contributed by atoms with van der Waals surface area (Å²) in [4.78, 5) is 16.2. The minimum Gasteiger partial charge on any atom is -0.342 e. The van der Waals surface area contributed by atoms with Gasteiger partial charge in [-0.3, -0.25) is 4.79 Å². The molecule has 0 unspecified atom stereocenters. The number of nitrogens with zero attached hydrogens (tertiary/aromatic N) is 1. The van der Waals surface area contributed by atoms with E-state index in [-0.39, 0.29) is 5.41 Å².